The molecule has 0 aromatic heterocycles. The fraction of sp³-hybridized carbons (Fsp3) is 0.417. The van der Waals surface area contributed by atoms with Gasteiger partial charge < -0.3 is 10.0 Å². The highest BCUT2D eigenvalue weighted by molar-refractivity contribution is 6.04. The van der Waals surface area contributed by atoms with Crippen LogP contribution in [0, 0.1) is 25.2 Å². The van der Waals surface area contributed by atoms with Crippen LogP contribution in [0.15, 0.2) is 54.2 Å². The number of rotatable bonds is 10. The molecular formula is C24H39N3O2. The maximum atomic E-state index is 11.3. The van der Waals surface area contributed by atoms with E-state index < -0.39 is 0 Å². The van der Waals surface area contributed by atoms with Gasteiger partial charge in [-0.05, 0) is 45.5 Å². The molecule has 0 aromatic carbocycles. The van der Waals surface area contributed by atoms with Crippen LogP contribution in [0.4, 0.5) is 0 Å². The van der Waals surface area contributed by atoms with E-state index in [2.05, 4.69) is 72.5 Å². The second-order valence-electron chi connectivity index (χ2n) is 5.73. The highest BCUT2D eigenvalue weighted by Gasteiger charge is 2.05. The van der Waals surface area contributed by atoms with Gasteiger partial charge in [-0.25, -0.2) is 5.43 Å². The van der Waals surface area contributed by atoms with Crippen molar-refractivity contribution in [3.8, 4) is 25.2 Å². The van der Waals surface area contributed by atoms with E-state index in [9.17, 15) is 4.79 Å². The molecule has 5 nitrogen and oxygen atoms in total. The van der Waals surface area contributed by atoms with Gasteiger partial charge in [0.05, 0.1) is 12.3 Å². The summed E-state index contributed by atoms with van der Waals surface area (Å²) in [5, 5.41) is 11.9. The number of carbonyl (C=O) groups excluding carboxylic acids is 1. The summed E-state index contributed by atoms with van der Waals surface area (Å²) in [7, 11) is 4.09. The zero-order valence-corrected chi connectivity index (χ0v) is 18.9. The SMILES string of the molecule is C#C.C#CC.C=C(C)C(=C)/C(CC=CCCN(C)C)=N\NC(=O)CC.C=CCO. The van der Waals surface area contributed by atoms with Gasteiger partial charge in [0.15, 0.2) is 0 Å². The molecule has 0 spiro atoms. The Morgan fingerprint density at radius 3 is 2.10 bits per heavy atom. The van der Waals surface area contributed by atoms with E-state index in [0.717, 1.165) is 29.8 Å². The molecule has 162 valence electrons. The Morgan fingerprint density at radius 1 is 1.28 bits per heavy atom. The van der Waals surface area contributed by atoms with Gasteiger partial charge in [-0.15, -0.1) is 31.8 Å². The first-order chi connectivity index (χ1) is 13.7. The van der Waals surface area contributed by atoms with Crippen molar-refractivity contribution in [1.29, 1.82) is 0 Å². The van der Waals surface area contributed by atoms with Gasteiger partial charge in [0.25, 0.3) is 0 Å². The van der Waals surface area contributed by atoms with Crippen LogP contribution in [0.5, 0.6) is 0 Å². The van der Waals surface area contributed by atoms with Crippen LogP contribution in [-0.2, 0) is 4.79 Å². The predicted molar refractivity (Wildman–Crippen MR) is 128 cm³/mol. The number of amides is 1. The summed E-state index contributed by atoms with van der Waals surface area (Å²) in [6.07, 6.45) is 20.2. The molecule has 2 N–H and O–H groups in total. The summed E-state index contributed by atoms with van der Waals surface area (Å²) in [5.41, 5.74) is 4.92. The molecule has 0 aliphatic carbocycles. The number of aliphatic hydroxyl groups is 1. The Morgan fingerprint density at radius 2 is 1.76 bits per heavy atom. The largest absolute Gasteiger partial charge is 0.392 e. The van der Waals surface area contributed by atoms with Crippen molar-refractivity contribution in [2.45, 2.75) is 40.0 Å². The lowest BCUT2D eigenvalue weighted by Crippen LogP contribution is -2.19. The number of carbonyl (C=O) groups is 1. The van der Waals surface area contributed by atoms with Crippen molar-refractivity contribution < 1.29 is 9.90 Å². The summed E-state index contributed by atoms with van der Waals surface area (Å²) in [5.74, 6) is 2.15. The number of hydrogen-bond acceptors (Lipinski definition) is 4. The van der Waals surface area contributed by atoms with Crippen molar-refractivity contribution in [3.05, 3.63) is 49.1 Å². The van der Waals surface area contributed by atoms with Gasteiger partial charge in [-0.1, -0.05) is 38.3 Å². The molecule has 0 rings (SSSR count). The Bertz CT molecular complexity index is 577. The van der Waals surface area contributed by atoms with Gasteiger partial charge >= 0.3 is 0 Å². The van der Waals surface area contributed by atoms with Crippen LogP contribution >= 0.6 is 0 Å². The number of nitrogens with zero attached hydrogens (tertiary/aromatic N) is 2. The zero-order valence-electron chi connectivity index (χ0n) is 18.9. The van der Waals surface area contributed by atoms with E-state index in [1.165, 1.54) is 6.08 Å². The summed E-state index contributed by atoms with van der Waals surface area (Å²) < 4.78 is 0. The van der Waals surface area contributed by atoms with E-state index in [1.54, 1.807) is 13.8 Å². The topological polar surface area (TPSA) is 64.9 Å². The normalized spacial score (nSPS) is 9.45. The van der Waals surface area contributed by atoms with E-state index in [4.69, 9.17) is 5.11 Å². The fourth-order valence-corrected chi connectivity index (χ4v) is 1.34. The molecule has 0 aliphatic heterocycles. The van der Waals surface area contributed by atoms with Crippen molar-refractivity contribution in [2.24, 2.45) is 5.10 Å². The van der Waals surface area contributed by atoms with Crippen molar-refractivity contribution in [3.63, 3.8) is 0 Å². The lowest BCUT2D eigenvalue weighted by atomic mass is 10.0. The van der Waals surface area contributed by atoms with Gasteiger partial charge in [-0.3, -0.25) is 4.79 Å². The first-order valence-electron chi connectivity index (χ1n) is 9.14. The summed E-state index contributed by atoms with van der Waals surface area (Å²) >= 11 is 0. The molecule has 0 aromatic rings. The average molecular weight is 402 g/mol. The highest BCUT2D eigenvalue weighted by Crippen LogP contribution is 2.10. The van der Waals surface area contributed by atoms with Crippen molar-refractivity contribution in [1.82, 2.24) is 10.3 Å². The number of hydrogen-bond donors (Lipinski definition) is 2. The number of aliphatic hydroxyl groups excluding tert-OH is 1. The van der Waals surface area contributed by atoms with Crippen LogP contribution in [0.3, 0.4) is 0 Å². The van der Waals surface area contributed by atoms with Gasteiger partial charge in [-0.2, -0.15) is 5.10 Å². The molecule has 0 radical (unpaired) electrons. The molecule has 0 bridgehead atoms. The van der Waals surface area contributed by atoms with Crippen molar-refractivity contribution >= 4 is 11.6 Å². The molecule has 5 heteroatoms. The third-order valence-corrected chi connectivity index (χ3v) is 2.85. The number of hydrazone groups is 1. The molecule has 0 saturated carbocycles. The maximum absolute atomic E-state index is 11.3. The first kappa shape index (κ1) is 33.7. The summed E-state index contributed by atoms with van der Waals surface area (Å²) in [6, 6.07) is 0. The first-order valence-corrected chi connectivity index (χ1v) is 9.14. The number of nitrogens with one attached hydrogen (secondary N) is 1. The maximum Gasteiger partial charge on any atom is 0.239 e. The lowest BCUT2D eigenvalue weighted by Gasteiger charge is -2.08. The van der Waals surface area contributed by atoms with Gasteiger partial charge in [0, 0.05) is 19.4 Å². The quantitative estimate of drug-likeness (QED) is 0.191. The molecule has 1 amide bonds. The van der Waals surface area contributed by atoms with E-state index in [1.807, 2.05) is 21.0 Å². The second kappa shape index (κ2) is 27.4. The van der Waals surface area contributed by atoms with E-state index in [0.29, 0.717) is 12.8 Å². The van der Waals surface area contributed by atoms with Gasteiger partial charge in [0.1, 0.15) is 0 Å². The minimum atomic E-state index is -0.103. The highest BCUT2D eigenvalue weighted by atomic mass is 16.2. The third-order valence-electron chi connectivity index (χ3n) is 2.85. The fourth-order valence-electron chi connectivity index (χ4n) is 1.34. The monoisotopic (exact) mass is 401 g/mol. The third kappa shape index (κ3) is 30.1. The Hall–Kier alpha value is -2.86. The molecule has 0 unspecified atom stereocenters. The van der Waals surface area contributed by atoms with Crippen LogP contribution in [-0.4, -0.2) is 48.9 Å². The van der Waals surface area contributed by atoms with Gasteiger partial charge in [0.2, 0.25) is 5.91 Å². The zero-order chi connectivity index (χ0) is 23.7. The van der Waals surface area contributed by atoms with Crippen molar-refractivity contribution in [2.75, 3.05) is 27.2 Å². The molecule has 0 heterocycles. The molecular weight excluding hydrogens is 362 g/mol. The Balaban J connectivity index is -0.000000293. The smallest absolute Gasteiger partial charge is 0.239 e. The summed E-state index contributed by atoms with van der Waals surface area (Å²) in [6.45, 7) is 17.5. The van der Waals surface area contributed by atoms with Crippen LogP contribution in [0.2, 0.25) is 0 Å². The predicted octanol–water partition coefficient (Wildman–Crippen LogP) is 3.95. The summed E-state index contributed by atoms with van der Waals surface area (Å²) in [4.78, 5) is 13.4. The molecule has 0 atom stereocenters. The van der Waals surface area contributed by atoms with Crippen LogP contribution < -0.4 is 5.43 Å². The van der Waals surface area contributed by atoms with Crippen LogP contribution in [0.25, 0.3) is 0 Å². The standard InChI is InChI=1S/C16H27N3O.C3H6O.C3H4.C2H2/c1-7-16(20)18-17-15(14(4)13(2)3)11-9-8-10-12-19(5)6;1-2-3-4;1-3-2;1-2/h8-9H,2,4,7,10-12H2,1,3,5-6H3,(H,18,20);2,4H,1,3H2;1H,2H3;1-2H/b9-8?,17-15-;;;. The van der Waals surface area contributed by atoms with Crippen LogP contribution in [0.1, 0.15) is 40.0 Å². The number of allylic oxidation sites excluding steroid dienone is 3. The second-order valence-corrected chi connectivity index (χ2v) is 5.73. The van der Waals surface area contributed by atoms with E-state index in [-0.39, 0.29) is 12.5 Å². The number of terminal acetylenes is 2. The van der Waals surface area contributed by atoms with E-state index >= 15 is 0 Å². The molecule has 0 saturated heterocycles. The molecule has 0 fully saturated rings. The molecule has 0 aliphatic rings. The molecule has 29 heavy (non-hydrogen) atoms. The minimum absolute atomic E-state index is 0.0833. The Labute approximate surface area is 179 Å². The average Bonchev–Trinajstić information content (AvgIpc) is 2.71. The Kier molecular flexibility index (Phi) is 31.8. The lowest BCUT2D eigenvalue weighted by molar-refractivity contribution is -0.120. The minimum Gasteiger partial charge on any atom is -0.392 e.